The molecule has 0 fully saturated rings. The fraction of sp³-hybridized carbons (Fsp3) is 0.292. The van der Waals surface area contributed by atoms with Crippen molar-refractivity contribution < 1.29 is 9.53 Å². The molecule has 1 aromatic carbocycles. The van der Waals surface area contributed by atoms with Crippen LogP contribution in [0.4, 0.5) is 5.13 Å². The predicted octanol–water partition coefficient (Wildman–Crippen LogP) is 3.89. The summed E-state index contributed by atoms with van der Waals surface area (Å²) in [6, 6.07) is 10.2. The lowest BCUT2D eigenvalue weighted by molar-refractivity contribution is -0.112. The first kappa shape index (κ1) is 25.2. The summed E-state index contributed by atoms with van der Waals surface area (Å²) in [4.78, 5) is 29.8. The van der Waals surface area contributed by atoms with Crippen molar-refractivity contribution in [1.82, 2.24) is 24.8 Å². The minimum atomic E-state index is -0.549. The number of carbonyl (C=O) groups is 1. The van der Waals surface area contributed by atoms with Gasteiger partial charge in [-0.05, 0) is 36.1 Å². The number of anilines is 1. The summed E-state index contributed by atoms with van der Waals surface area (Å²) in [5, 5.41) is 26.4. The minimum Gasteiger partial charge on any atom is -0.487 e. The van der Waals surface area contributed by atoms with Crippen LogP contribution in [-0.4, -0.2) is 30.7 Å². The highest BCUT2D eigenvalue weighted by Gasteiger charge is 2.14. The number of nitrogens with one attached hydrogen (secondary N) is 1. The molecule has 1 N–H and O–H groups in total. The van der Waals surface area contributed by atoms with Crippen LogP contribution in [0.15, 0.2) is 40.7 Å². The number of rotatable bonds is 9. The highest BCUT2D eigenvalue weighted by molar-refractivity contribution is 7.16. The Kier molecular flexibility index (Phi) is 7.82. The summed E-state index contributed by atoms with van der Waals surface area (Å²) in [6.45, 7) is 6.24. The van der Waals surface area contributed by atoms with E-state index in [0.717, 1.165) is 22.9 Å². The molecular weight excluding hydrogens is 498 g/mol. The highest BCUT2D eigenvalue weighted by Crippen LogP contribution is 2.20. The van der Waals surface area contributed by atoms with Crippen LogP contribution >= 0.6 is 22.7 Å². The fourth-order valence-electron chi connectivity index (χ4n) is 3.15. The first-order valence-corrected chi connectivity index (χ1v) is 12.8. The second-order valence-corrected chi connectivity index (χ2v) is 10.3. The van der Waals surface area contributed by atoms with E-state index in [2.05, 4.69) is 39.4 Å². The molecule has 4 rings (SSSR count). The van der Waals surface area contributed by atoms with Crippen molar-refractivity contribution in [2.45, 2.75) is 40.2 Å². The molecule has 0 aliphatic rings. The lowest BCUT2D eigenvalue weighted by atomic mass is 10.1. The van der Waals surface area contributed by atoms with Crippen LogP contribution in [0.2, 0.25) is 0 Å². The summed E-state index contributed by atoms with van der Waals surface area (Å²) in [5.74, 6) is 0.438. The van der Waals surface area contributed by atoms with E-state index in [9.17, 15) is 14.9 Å². The minimum absolute atomic E-state index is 0.0572. The van der Waals surface area contributed by atoms with E-state index in [1.54, 1.807) is 24.3 Å². The summed E-state index contributed by atoms with van der Waals surface area (Å²) in [5.41, 5.74) is 0.855. The van der Waals surface area contributed by atoms with Gasteiger partial charge in [0, 0.05) is 12.5 Å². The van der Waals surface area contributed by atoms with Gasteiger partial charge in [0.05, 0.1) is 5.69 Å². The molecule has 4 aromatic rings. The number of aryl methyl sites for hydroxylation is 1. The molecule has 10 nitrogen and oxygen atoms in total. The van der Waals surface area contributed by atoms with Crippen LogP contribution in [0.1, 0.15) is 42.0 Å². The zero-order valence-electron chi connectivity index (χ0n) is 19.9. The van der Waals surface area contributed by atoms with Crippen molar-refractivity contribution in [1.29, 1.82) is 5.26 Å². The maximum Gasteiger partial charge on any atom is 0.275 e. The quantitative estimate of drug-likeness (QED) is 0.259. The van der Waals surface area contributed by atoms with Crippen LogP contribution in [-0.2, 0) is 24.2 Å². The maximum atomic E-state index is 12.5. The Bertz CT molecular complexity index is 1510. The summed E-state index contributed by atoms with van der Waals surface area (Å²) < 4.78 is 7.06. The van der Waals surface area contributed by atoms with Crippen LogP contribution in [0.3, 0.4) is 0 Å². The zero-order chi connectivity index (χ0) is 25.7. The van der Waals surface area contributed by atoms with E-state index < -0.39 is 5.91 Å². The molecule has 3 aromatic heterocycles. The predicted molar refractivity (Wildman–Crippen MR) is 138 cm³/mol. The molecule has 0 unspecified atom stereocenters. The van der Waals surface area contributed by atoms with Gasteiger partial charge in [0.2, 0.25) is 10.1 Å². The highest BCUT2D eigenvalue weighted by atomic mass is 32.1. The molecule has 0 atom stereocenters. The Morgan fingerprint density at radius 1 is 1.22 bits per heavy atom. The third kappa shape index (κ3) is 6.18. The van der Waals surface area contributed by atoms with Crippen LogP contribution in [0, 0.1) is 17.2 Å². The maximum absolute atomic E-state index is 12.5. The smallest absolute Gasteiger partial charge is 0.275 e. The van der Waals surface area contributed by atoms with Gasteiger partial charge in [-0.3, -0.25) is 14.9 Å². The van der Waals surface area contributed by atoms with Gasteiger partial charge in [0.25, 0.3) is 11.5 Å². The van der Waals surface area contributed by atoms with Gasteiger partial charge < -0.3 is 4.74 Å². The van der Waals surface area contributed by atoms with Gasteiger partial charge in [0.1, 0.15) is 34.0 Å². The molecule has 12 heteroatoms. The molecule has 1 amide bonds. The Labute approximate surface area is 214 Å². The average molecular weight is 522 g/mol. The van der Waals surface area contributed by atoms with Gasteiger partial charge in [-0.2, -0.15) is 14.9 Å². The van der Waals surface area contributed by atoms with Crippen molar-refractivity contribution in [3.05, 3.63) is 67.5 Å². The van der Waals surface area contributed by atoms with Gasteiger partial charge in [-0.15, -0.1) is 10.2 Å². The van der Waals surface area contributed by atoms with Crippen molar-refractivity contribution in [3.8, 4) is 11.8 Å². The number of fused-ring (bicyclic) bond motifs is 1. The topological polar surface area (TPSA) is 135 Å². The van der Waals surface area contributed by atoms with Crippen LogP contribution in [0.5, 0.6) is 5.75 Å². The van der Waals surface area contributed by atoms with E-state index in [0.29, 0.717) is 33.0 Å². The van der Waals surface area contributed by atoms with Gasteiger partial charge >= 0.3 is 0 Å². The standard InChI is InChI=1S/C24H23N7O3S2/c1-4-19-30-31-21(32)11-17(26-24(31)36-19)13-34-18-7-5-15(6-8-18)10-16(12-25)22(33)27-23-29-28-20(35-23)9-14(2)3/h5-8,10-11,14H,4,9,13H2,1-3H3,(H,27,29,33). The lowest BCUT2D eigenvalue weighted by Crippen LogP contribution is -2.16. The van der Waals surface area contributed by atoms with E-state index in [1.807, 2.05) is 13.0 Å². The summed E-state index contributed by atoms with van der Waals surface area (Å²) >= 11 is 2.67. The Balaban J connectivity index is 1.39. The molecule has 36 heavy (non-hydrogen) atoms. The molecular formula is C24H23N7O3S2. The zero-order valence-corrected chi connectivity index (χ0v) is 21.5. The number of nitriles is 1. The van der Waals surface area contributed by atoms with E-state index in [1.165, 1.54) is 39.3 Å². The normalized spacial score (nSPS) is 11.6. The molecule has 0 bridgehead atoms. The molecule has 0 radical (unpaired) electrons. The molecule has 184 valence electrons. The molecule has 3 heterocycles. The number of amides is 1. The number of ether oxygens (including phenoxy) is 1. The third-order valence-corrected chi connectivity index (χ3v) is 6.77. The van der Waals surface area contributed by atoms with E-state index in [4.69, 9.17) is 4.74 Å². The van der Waals surface area contributed by atoms with Crippen molar-refractivity contribution in [3.63, 3.8) is 0 Å². The second kappa shape index (κ2) is 11.2. The number of carbonyl (C=O) groups excluding carboxylic acids is 1. The van der Waals surface area contributed by atoms with Crippen molar-refractivity contribution in [2.24, 2.45) is 5.92 Å². The number of hydrogen-bond acceptors (Lipinski definition) is 10. The number of aromatic nitrogens is 5. The lowest BCUT2D eigenvalue weighted by Gasteiger charge is -2.06. The van der Waals surface area contributed by atoms with Gasteiger partial charge in [-0.1, -0.05) is 55.6 Å². The molecule has 0 aliphatic carbocycles. The van der Waals surface area contributed by atoms with Gasteiger partial charge in [0.15, 0.2) is 0 Å². The summed E-state index contributed by atoms with van der Waals surface area (Å²) in [6.07, 6.45) is 2.99. The molecule has 0 saturated carbocycles. The van der Waals surface area contributed by atoms with Crippen LogP contribution in [0.25, 0.3) is 11.0 Å². The molecule has 0 aliphatic heterocycles. The monoisotopic (exact) mass is 521 g/mol. The SMILES string of the molecule is CCc1nn2c(=O)cc(COc3ccc(C=C(C#N)C(=O)Nc4nnc(CC(C)C)s4)cc3)nc2s1. The first-order chi connectivity index (χ1) is 17.3. The van der Waals surface area contributed by atoms with Crippen molar-refractivity contribution >= 4 is 44.7 Å². The molecule has 0 spiro atoms. The summed E-state index contributed by atoms with van der Waals surface area (Å²) in [7, 11) is 0. The van der Waals surface area contributed by atoms with Crippen molar-refractivity contribution in [2.75, 3.05) is 5.32 Å². The Morgan fingerprint density at radius 3 is 2.69 bits per heavy atom. The number of hydrogen-bond donors (Lipinski definition) is 1. The Morgan fingerprint density at radius 2 is 2.00 bits per heavy atom. The number of nitrogens with zero attached hydrogens (tertiary/aromatic N) is 6. The third-order valence-electron chi connectivity index (χ3n) is 4.86. The fourth-order valence-corrected chi connectivity index (χ4v) is 4.95. The Hall–Kier alpha value is -3.95. The largest absolute Gasteiger partial charge is 0.487 e. The number of benzene rings is 1. The molecule has 0 saturated heterocycles. The second-order valence-electron chi connectivity index (χ2n) is 8.21. The van der Waals surface area contributed by atoms with E-state index >= 15 is 0 Å². The average Bonchev–Trinajstić information content (AvgIpc) is 3.48. The van der Waals surface area contributed by atoms with Gasteiger partial charge in [-0.25, -0.2) is 4.98 Å². The van der Waals surface area contributed by atoms with E-state index in [-0.39, 0.29) is 17.7 Å². The first-order valence-electron chi connectivity index (χ1n) is 11.2. The van der Waals surface area contributed by atoms with Crippen LogP contribution < -0.4 is 15.6 Å².